The van der Waals surface area contributed by atoms with E-state index in [9.17, 15) is 19.4 Å². The number of aliphatic hydroxyl groups excluding tert-OH is 1. The molecular formula is C54H101N2O6P. The number of carbonyl (C=O) groups excluding carboxylic acids is 1. The molecule has 0 spiro atoms. The van der Waals surface area contributed by atoms with Crippen LogP contribution in [0.5, 0.6) is 0 Å². The van der Waals surface area contributed by atoms with E-state index >= 15 is 0 Å². The zero-order chi connectivity index (χ0) is 46.4. The topological polar surface area (TPSA) is 108 Å². The minimum absolute atomic E-state index is 0.0118. The van der Waals surface area contributed by atoms with Crippen molar-refractivity contribution < 1.29 is 32.9 Å². The number of likely N-dealkylation sites (N-methyl/N-ethyl adjacent to an activating group) is 1. The fourth-order valence-corrected chi connectivity index (χ4v) is 8.00. The predicted molar refractivity (Wildman–Crippen MR) is 270 cm³/mol. The summed E-state index contributed by atoms with van der Waals surface area (Å²) in [6.45, 7) is 4.61. The summed E-state index contributed by atoms with van der Waals surface area (Å²) >= 11 is 0. The summed E-state index contributed by atoms with van der Waals surface area (Å²) in [5, 5.41) is 13.8. The van der Waals surface area contributed by atoms with Gasteiger partial charge in [-0.25, -0.2) is 0 Å². The Morgan fingerprint density at radius 2 is 0.937 bits per heavy atom. The molecule has 0 aliphatic heterocycles. The summed E-state index contributed by atoms with van der Waals surface area (Å²) in [7, 11) is 1.23. The molecule has 0 aliphatic rings. The lowest BCUT2D eigenvalue weighted by Crippen LogP contribution is -2.45. The predicted octanol–water partition coefficient (Wildman–Crippen LogP) is 14.7. The third-order valence-electron chi connectivity index (χ3n) is 11.4. The number of allylic oxidation sites excluding steroid dienone is 9. The highest BCUT2D eigenvalue weighted by Gasteiger charge is 2.23. The van der Waals surface area contributed by atoms with Crippen LogP contribution in [0.15, 0.2) is 60.8 Å². The van der Waals surface area contributed by atoms with Crippen LogP contribution in [0, 0.1) is 0 Å². The van der Waals surface area contributed by atoms with E-state index in [2.05, 4.69) is 67.8 Å². The fourth-order valence-electron chi connectivity index (χ4n) is 7.27. The van der Waals surface area contributed by atoms with Gasteiger partial charge in [-0.15, -0.1) is 0 Å². The first-order valence-electron chi connectivity index (χ1n) is 26.2. The highest BCUT2D eigenvalue weighted by molar-refractivity contribution is 7.45. The molecule has 0 aromatic rings. The number of phosphoric acid groups is 1. The second-order valence-electron chi connectivity index (χ2n) is 18.9. The monoisotopic (exact) mass is 905 g/mol. The Kier molecular flexibility index (Phi) is 44.1. The Labute approximate surface area is 390 Å². The maximum atomic E-state index is 12.9. The maximum absolute atomic E-state index is 12.9. The number of carbonyl (C=O) groups is 1. The Morgan fingerprint density at radius 3 is 1.38 bits per heavy atom. The van der Waals surface area contributed by atoms with Crippen LogP contribution >= 0.6 is 7.82 Å². The third kappa shape index (κ3) is 48.0. The first-order chi connectivity index (χ1) is 30.5. The van der Waals surface area contributed by atoms with Gasteiger partial charge in [-0.05, 0) is 77.0 Å². The maximum Gasteiger partial charge on any atom is 0.268 e. The molecule has 2 N–H and O–H groups in total. The van der Waals surface area contributed by atoms with Gasteiger partial charge in [0, 0.05) is 6.42 Å². The molecule has 3 unspecified atom stereocenters. The van der Waals surface area contributed by atoms with Crippen LogP contribution < -0.4 is 10.2 Å². The molecule has 0 radical (unpaired) electrons. The molecule has 0 fully saturated rings. The van der Waals surface area contributed by atoms with Gasteiger partial charge < -0.3 is 28.8 Å². The van der Waals surface area contributed by atoms with E-state index in [1.807, 2.05) is 27.2 Å². The minimum atomic E-state index is -4.61. The van der Waals surface area contributed by atoms with Crippen molar-refractivity contribution in [3.05, 3.63) is 60.8 Å². The molecule has 0 rings (SSSR count). The summed E-state index contributed by atoms with van der Waals surface area (Å²) in [6.07, 6.45) is 60.0. The Balaban J connectivity index is 4.32. The van der Waals surface area contributed by atoms with Gasteiger partial charge in [0.1, 0.15) is 13.2 Å². The van der Waals surface area contributed by atoms with Gasteiger partial charge in [-0.2, -0.15) is 0 Å². The number of nitrogens with zero attached hydrogens (tertiary/aromatic N) is 1. The number of phosphoric ester groups is 1. The Morgan fingerprint density at radius 1 is 0.556 bits per heavy atom. The zero-order valence-corrected chi connectivity index (χ0v) is 42.7. The van der Waals surface area contributed by atoms with Crippen molar-refractivity contribution in [2.45, 2.75) is 238 Å². The van der Waals surface area contributed by atoms with E-state index in [0.29, 0.717) is 17.4 Å². The van der Waals surface area contributed by atoms with Crippen LogP contribution in [-0.4, -0.2) is 68.5 Å². The molecule has 8 nitrogen and oxygen atoms in total. The van der Waals surface area contributed by atoms with Gasteiger partial charge in [0.05, 0.1) is 39.9 Å². The summed E-state index contributed by atoms with van der Waals surface area (Å²) in [5.74, 6) is -0.217. The SMILES string of the molecule is CCCCCCCC/C=C/CC/C=C/CC/C=C/C(O)C(COP(=O)([O-])OCC[N+](C)(C)C)NC(=O)CCCCCCCCCCC/C=C\C/C=C\CCCCCCCCCCC. The molecular weight excluding hydrogens is 804 g/mol. The van der Waals surface area contributed by atoms with E-state index in [1.165, 1.54) is 154 Å². The smallest absolute Gasteiger partial charge is 0.268 e. The van der Waals surface area contributed by atoms with Crippen LogP contribution in [0.4, 0.5) is 0 Å². The van der Waals surface area contributed by atoms with E-state index in [1.54, 1.807) is 6.08 Å². The fraction of sp³-hybridized carbons (Fsp3) is 0.796. The third-order valence-corrected chi connectivity index (χ3v) is 12.4. The molecule has 63 heavy (non-hydrogen) atoms. The number of hydrogen-bond donors (Lipinski definition) is 2. The second kappa shape index (κ2) is 45.4. The summed E-state index contributed by atoms with van der Waals surface area (Å²) < 4.78 is 23.2. The molecule has 0 saturated heterocycles. The molecule has 0 aromatic heterocycles. The van der Waals surface area contributed by atoms with Gasteiger partial charge in [0.25, 0.3) is 7.82 Å². The highest BCUT2D eigenvalue weighted by atomic mass is 31.2. The van der Waals surface area contributed by atoms with Crippen LogP contribution in [0.25, 0.3) is 0 Å². The minimum Gasteiger partial charge on any atom is -0.756 e. The zero-order valence-electron chi connectivity index (χ0n) is 41.8. The molecule has 0 heterocycles. The first-order valence-corrected chi connectivity index (χ1v) is 27.6. The quantitative estimate of drug-likeness (QED) is 0.0273. The number of quaternary nitrogens is 1. The standard InChI is InChI=1S/C54H101N2O6P/c1-6-8-10-12-14-16-18-20-22-24-25-26-27-28-29-30-31-32-34-36-38-40-42-44-46-48-54(58)55-52(51-62-63(59,60)61-50-49-56(3,4)5)53(57)47-45-43-41-39-37-35-33-23-21-19-17-15-13-11-9-7-2/h21,23,25-26,28-29,37,39,45,47,52-53,57H,6-20,22,24,27,30-36,38,40-44,46,48-51H2,1-5H3,(H-,55,58,59,60)/b23-21+,26-25-,29-28-,39-37+,47-45+. The van der Waals surface area contributed by atoms with Gasteiger partial charge in [0.2, 0.25) is 5.91 Å². The first kappa shape index (κ1) is 61.2. The number of amides is 1. The molecule has 3 atom stereocenters. The lowest BCUT2D eigenvalue weighted by molar-refractivity contribution is -0.870. The van der Waals surface area contributed by atoms with Crippen LogP contribution in [-0.2, 0) is 18.4 Å². The second-order valence-corrected chi connectivity index (χ2v) is 20.3. The number of hydrogen-bond acceptors (Lipinski definition) is 6. The molecule has 0 saturated carbocycles. The lowest BCUT2D eigenvalue weighted by atomic mass is 10.1. The summed E-state index contributed by atoms with van der Waals surface area (Å²) in [5.41, 5.74) is 0. The van der Waals surface area contributed by atoms with E-state index < -0.39 is 26.6 Å². The Hall–Kier alpha value is -1.80. The van der Waals surface area contributed by atoms with E-state index in [-0.39, 0.29) is 12.5 Å². The lowest BCUT2D eigenvalue weighted by Gasteiger charge is -2.29. The largest absolute Gasteiger partial charge is 0.756 e. The summed E-state index contributed by atoms with van der Waals surface area (Å²) in [6, 6.07) is -0.914. The van der Waals surface area contributed by atoms with Crippen molar-refractivity contribution in [2.24, 2.45) is 0 Å². The molecule has 0 bridgehead atoms. The van der Waals surface area contributed by atoms with E-state index in [4.69, 9.17) is 9.05 Å². The van der Waals surface area contributed by atoms with Crippen LogP contribution in [0.2, 0.25) is 0 Å². The Bertz CT molecular complexity index is 1210. The highest BCUT2D eigenvalue weighted by Crippen LogP contribution is 2.38. The average Bonchev–Trinajstić information content (AvgIpc) is 3.24. The summed E-state index contributed by atoms with van der Waals surface area (Å²) in [4.78, 5) is 25.4. The van der Waals surface area contributed by atoms with Crippen molar-refractivity contribution in [3.63, 3.8) is 0 Å². The van der Waals surface area contributed by atoms with Crippen LogP contribution in [0.1, 0.15) is 226 Å². The van der Waals surface area contributed by atoms with Crippen molar-refractivity contribution in [1.29, 1.82) is 0 Å². The van der Waals surface area contributed by atoms with Gasteiger partial charge in [0.15, 0.2) is 0 Å². The molecule has 0 aromatic carbocycles. The molecule has 368 valence electrons. The molecule has 0 aliphatic carbocycles. The average molecular weight is 905 g/mol. The van der Waals surface area contributed by atoms with Gasteiger partial charge >= 0.3 is 0 Å². The normalized spacial score (nSPS) is 14.6. The number of rotatable bonds is 47. The molecule has 9 heteroatoms. The van der Waals surface area contributed by atoms with Crippen molar-refractivity contribution >= 4 is 13.7 Å². The number of nitrogens with one attached hydrogen (secondary N) is 1. The van der Waals surface area contributed by atoms with Crippen molar-refractivity contribution in [2.75, 3.05) is 40.9 Å². The van der Waals surface area contributed by atoms with Crippen LogP contribution in [0.3, 0.4) is 0 Å². The number of aliphatic hydroxyl groups is 1. The van der Waals surface area contributed by atoms with Gasteiger partial charge in [-0.3, -0.25) is 9.36 Å². The number of unbranched alkanes of at least 4 members (excludes halogenated alkanes) is 26. The van der Waals surface area contributed by atoms with E-state index in [0.717, 1.165) is 51.4 Å². The van der Waals surface area contributed by atoms with Gasteiger partial charge in [-0.1, -0.05) is 203 Å². The molecule has 1 amide bonds. The van der Waals surface area contributed by atoms with Crippen molar-refractivity contribution in [1.82, 2.24) is 5.32 Å². The van der Waals surface area contributed by atoms with Crippen molar-refractivity contribution in [3.8, 4) is 0 Å².